The Morgan fingerprint density at radius 1 is 0.932 bits per heavy atom. The van der Waals surface area contributed by atoms with Gasteiger partial charge in [-0.2, -0.15) is 0 Å². The van der Waals surface area contributed by atoms with Gasteiger partial charge in [-0.25, -0.2) is 4.39 Å². The second-order valence-electron chi connectivity index (χ2n) is 10.2. The number of halogens is 3. The highest BCUT2D eigenvalue weighted by Crippen LogP contribution is 2.34. The fraction of sp³-hybridized carbons (Fsp3) is 0.235. The summed E-state index contributed by atoms with van der Waals surface area (Å²) in [6, 6.07) is 13.8. The number of fused-ring (bicyclic) bond motifs is 1. The fourth-order valence-electron chi connectivity index (χ4n) is 5.01. The van der Waals surface area contributed by atoms with Gasteiger partial charge in [0.05, 0.1) is 10.5 Å². The first-order chi connectivity index (χ1) is 21.0. The van der Waals surface area contributed by atoms with E-state index in [1.807, 2.05) is 55.5 Å². The van der Waals surface area contributed by atoms with Gasteiger partial charge >= 0.3 is 11.9 Å². The van der Waals surface area contributed by atoms with Gasteiger partial charge < -0.3 is 24.3 Å². The van der Waals surface area contributed by atoms with Crippen molar-refractivity contribution in [1.82, 2.24) is 4.57 Å². The van der Waals surface area contributed by atoms with Crippen LogP contribution in [-0.4, -0.2) is 39.9 Å². The predicted molar refractivity (Wildman–Crippen MR) is 172 cm³/mol. The lowest BCUT2D eigenvalue weighted by Gasteiger charge is -2.09. The Kier molecular flexibility index (Phi) is 11.1. The van der Waals surface area contributed by atoms with E-state index in [0.29, 0.717) is 75.3 Å². The minimum atomic E-state index is -1.06. The molecule has 3 aromatic carbocycles. The van der Waals surface area contributed by atoms with Crippen LogP contribution in [0, 0.1) is 19.7 Å². The second-order valence-corrected chi connectivity index (χ2v) is 11.0. The van der Waals surface area contributed by atoms with E-state index >= 15 is 4.39 Å². The third kappa shape index (κ3) is 8.21. The molecule has 0 saturated heterocycles. The first kappa shape index (κ1) is 32.6. The van der Waals surface area contributed by atoms with Crippen LogP contribution in [0.4, 0.5) is 4.39 Å². The summed E-state index contributed by atoms with van der Waals surface area (Å²) < 4.78 is 28.2. The highest BCUT2D eigenvalue weighted by molar-refractivity contribution is 6.35. The van der Waals surface area contributed by atoms with E-state index in [2.05, 4.69) is 0 Å². The highest BCUT2D eigenvalue weighted by atomic mass is 35.5. The van der Waals surface area contributed by atoms with Gasteiger partial charge in [-0.3, -0.25) is 9.59 Å². The van der Waals surface area contributed by atoms with Crippen molar-refractivity contribution in [2.75, 3.05) is 13.2 Å². The number of rotatable bonds is 14. The molecule has 1 heterocycles. The maximum Gasteiger partial charge on any atom is 0.323 e. The summed E-state index contributed by atoms with van der Waals surface area (Å²) in [6.07, 6.45) is 7.93. The summed E-state index contributed by atoms with van der Waals surface area (Å²) in [5.74, 6) is -1.20. The predicted octanol–water partition coefficient (Wildman–Crippen LogP) is 8.38. The number of benzene rings is 3. The van der Waals surface area contributed by atoms with Crippen LogP contribution in [0.5, 0.6) is 11.5 Å². The number of aryl methyl sites for hydroxylation is 2. The molecule has 10 heteroatoms. The molecule has 1 aromatic heterocycles. The Balaban J connectivity index is 1.43. The van der Waals surface area contributed by atoms with Crippen LogP contribution >= 0.6 is 23.2 Å². The topological polar surface area (TPSA) is 98.0 Å². The molecule has 0 spiro atoms. The van der Waals surface area contributed by atoms with Crippen LogP contribution in [0.25, 0.3) is 23.1 Å². The zero-order valence-corrected chi connectivity index (χ0v) is 25.8. The van der Waals surface area contributed by atoms with Crippen molar-refractivity contribution in [2.24, 2.45) is 0 Å². The molecule has 0 bridgehead atoms. The molecule has 0 atom stereocenters. The summed E-state index contributed by atoms with van der Waals surface area (Å²) in [6.45, 7) is 3.94. The lowest BCUT2D eigenvalue weighted by molar-refractivity contribution is -0.138. The molecular weight excluding hydrogens is 608 g/mol. The maximum atomic E-state index is 15.1. The molecule has 2 N–H and O–H groups in total. The van der Waals surface area contributed by atoms with Crippen LogP contribution in [0.1, 0.15) is 40.8 Å². The minimum Gasteiger partial charge on any atom is -0.490 e. The van der Waals surface area contributed by atoms with Crippen molar-refractivity contribution < 1.29 is 33.7 Å². The van der Waals surface area contributed by atoms with Gasteiger partial charge in [-0.15, -0.1) is 0 Å². The first-order valence-corrected chi connectivity index (χ1v) is 14.7. The van der Waals surface area contributed by atoms with Crippen LogP contribution < -0.4 is 9.47 Å². The number of carboxylic acids is 2. The van der Waals surface area contributed by atoms with Gasteiger partial charge in [0.2, 0.25) is 0 Å². The van der Waals surface area contributed by atoms with Crippen molar-refractivity contribution in [3.8, 4) is 11.5 Å². The molecule has 0 saturated carbocycles. The average Bonchev–Trinajstić information content (AvgIpc) is 3.23. The van der Waals surface area contributed by atoms with E-state index in [4.69, 9.17) is 37.8 Å². The number of hydrogen-bond donors (Lipinski definition) is 2. The molecule has 7 nitrogen and oxygen atoms in total. The number of nitrogens with zero attached hydrogens (tertiary/aromatic N) is 1. The molecule has 0 radical (unpaired) electrons. The van der Waals surface area contributed by atoms with Gasteiger partial charge in [0.15, 0.2) is 0 Å². The Hall–Kier alpha value is -4.27. The molecule has 0 amide bonds. The van der Waals surface area contributed by atoms with Crippen LogP contribution in [0.3, 0.4) is 0 Å². The quantitative estimate of drug-likeness (QED) is 0.106. The van der Waals surface area contributed by atoms with E-state index in [1.54, 1.807) is 29.7 Å². The van der Waals surface area contributed by atoms with Crippen molar-refractivity contribution in [1.29, 1.82) is 0 Å². The maximum absolute atomic E-state index is 15.1. The lowest BCUT2D eigenvalue weighted by Crippen LogP contribution is -2.10. The lowest BCUT2D eigenvalue weighted by atomic mass is 10.0. The summed E-state index contributed by atoms with van der Waals surface area (Å²) in [4.78, 5) is 22.7. The van der Waals surface area contributed by atoms with Crippen molar-refractivity contribution >= 4 is 58.2 Å². The normalized spacial score (nSPS) is 11.6. The van der Waals surface area contributed by atoms with Crippen molar-refractivity contribution in [3.63, 3.8) is 0 Å². The molecule has 0 aliphatic heterocycles. The number of ether oxygens (including phenoxy) is 2. The van der Waals surface area contributed by atoms with E-state index in [1.165, 1.54) is 6.07 Å². The van der Waals surface area contributed by atoms with Crippen LogP contribution in [-0.2, 0) is 22.6 Å². The summed E-state index contributed by atoms with van der Waals surface area (Å²) in [5.41, 5.74) is 4.07. The molecule has 4 aromatic rings. The van der Waals surface area contributed by atoms with Crippen LogP contribution in [0.15, 0.2) is 60.7 Å². The first-order valence-electron chi connectivity index (χ1n) is 13.9. The minimum absolute atomic E-state index is 0.0595. The standard InChI is InChI=1S/C34H32Cl2FNO6/c1-21-18-25(35)19-28(36)34(21)44-17-4-3-16-43-26-13-9-23(10-14-26)8-11-24-12-15-29(37)32-27(6-5-7-30(39)40)22(2)38(33(24)32)20-31(41)42/h3-4,8-15,18-19H,5-7,16-17,20H2,1-2H3,(H,39,40)(H,41,42)/b4-3+,11-8?. The number of hydrogen-bond acceptors (Lipinski definition) is 4. The van der Waals surface area contributed by atoms with E-state index in [0.717, 1.165) is 11.1 Å². The molecule has 0 unspecified atom stereocenters. The number of aliphatic carboxylic acids is 2. The summed E-state index contributed by atoms with van der Waals surface area (Å²) >= 11 is 12.2. The third-order valence-electron chi connectivity index (χ3n) is 7.05. The SMILES string of the molecule is Cc1cc(Cl)cc(Cl)c1OC/C=C/COc1ccc(C=Cc2ccc(F)c3c(CCCC(=O)O)c(C)n(CC(=O)O)c23)cc1. The fourth-order valence-corrected chi connectivity index (χ4v) is 5.66. The Morgan fingerprint density at radius 3 is 2.30 bits per heavy atom. The summed E-state index contributed by atoms with van der Waals surface area (Å²) in [7, 11) is 0. The van der Waals surface area contributed by atoms with Crippen molar-refractivity contribution in [2.45, 2.75) is 39.7 Å². The smallest absolute Gasteiger partial charge is 0.323 e. The van der Waals surface area contributed by atoms with Crippen molar-refractivity contribution in [3.05, 3.63) is 104 Å². The van der Waals surface area contributed by atoms with Crippen LogP contribution in [0.2, 0.25) is 10.0 Å². The van der Waals surface area contributed by atoms with E-state index in [9.17, 15) is 14.7 Å². The van der Waals surface area contributed by atoms with Gasteiger partial charge in [0.1, 0.15) is 37.1 Å². The molecular formula is C34H32Cl2FNO6. The zero-order valence-electron chi connectivity index (χ0n) is 24.3. The number of carboxylic acid groups (broad SMARTS) is 2. The highest BCUT2D eigenvalue weighted by Gasteiger charge is 2.21. The Bertz CT molecular complexity index is 1700. The zero-order chi connectivity index (χ0) is 31.8. The largest absolute Gasteiger partial charge is 0.490 e. The van der Waals surface area contributed by atoms with E-state index in [-0.39, 0.29) is 13.0 Å². The van der Waals surface area contributed by atoms with Gasteiger partial charge in [0, 0.05) is 22.5 Å². The van der Waals surface area contributed by atoms with Gasteiger partial charge in [-0.1, -0.05) is 47.5 Å². The molecule has 44 heavy (non-hydrogen) atoms. The average molecular weight is 641 g/mol. The van der Waals surface area contributed by atoms with E-state index < -0.39 is 17.8 Å². The number of carbonyl (C=O) groups is 2. The van der Waals surface area contributed by atoms with Gasteiger partial charge in [-0.05, 0) is 97.5 Å². The molecule has 0 fully saturated rings. The monoisotopic (exact) mass is 639 g/mol. The molecule has 0 aliphatic rings. The third-order valence-corrected chi connectivity index (χ3v) is 7.55. The molecule has 4 rings (SSSR count). The Morgan fingerprint density at radius 2 is 1.64 bits per heavy atom. The second kappa shape index (κ2) is 14.9. The Labute approximate surface area is 264 Å². The summed E-state index contributed by atoms with van der Waals surface area (Å²) in [5, 5.41) is 19.9. The van der Waals surface area contributed by atoms with Gasteiger partial charge in [0.25, 0.3) is 0 Å². The number of aromatic nitrogens is 1. The molecule has 230 valence electrons. The molecule has 0 aliphatic carbocycles.